The molecular formula is C37H41F3N2O5. The number of aryl methyl sites for hydroxylation is 1. The van der Waals surface area contributed by atoms with Gasteiger partial charge in [-0.1, -0.05) is 25.3 Å². The fraction of sp³-hybridized carbons (Fsp3) is 0.459. The first-order valence-corrected chi connectivity index (χ1v) is 16.5. The van der Waals surface area contributed by atoms with E-state index in [1.165, 1.54) is 42.5 Å². The van der Waals surface area contributed by atoms with Crippen LogP contribution in [0.2, 0.25) is 0 Å². The number of amides is 3. The number of nitrogens with one attached hydrogen (secondary N) is 1. The molecule has 0 atom stereocenters. The Morgan fingerprint density at radius 1 is 0.894 bits per heavy atom. The lowest BCUT2D eigenvalue weighted by Gasteiger charge is -2.37. The fourth-order valence-electron chi connectivity index (χ4n) is 7.19. The van der Waals surface area contributed by atoms with Gasteiger partial charge < -0.3 is 10.1 Å². The number of imide groups is 1. The normalized spacial score (nSPS) is 23.4. The van der Waals surface area contributed by atoms with Crippen molar-refractivity contribution in [2.75, 3.05) is 10.2 Å². The van der Waals surface area contributed by atoms with Crippen LogP contribution >= 0.6 is 0 Å². The summed E-state index contributed by atoms with van der Waals surface area (Å²) in [7, 11) is 0. The largest absolute Gasteiger partial charge is 0.423 e. The lowest BCUT2D eigenvalue weighted by atomic mass is 9.68. The third kappa shape index (κ3) is 9.42. The van der Waals surface area contributed by atoms with Gasteiger partial charge in [-0.05, 0) is 123 Å². The number of esters is 1. The monoisotopic (exact) mass is 650 g/mol. The van der Waals surface area contributed by atoms with E-state index >= 15 is 0 Å². The number of anilines is 2. The van der Waals surface area contributed by atoms with Crippen molar-refractivity contribution in [1.82, 2.24) is 0 Å². The minimum Gasteiger partial charge on any atom is -0.423 e. The maximum absolute atomic E-state index is 13.1. The number of nitrogens with zero attached hydrogens (tertiary/aromatic N) is 1. The van der Waals surface area contributed by atoms with Gasteiger partial charge in [0.25, 0.3) is 11.8 Å². The molecule has 250 valence electrons. The van der Waals surface area contributed by atoms with Crippen molar-refractivity contribution in [3.05, 3.63) is 71.8 Å². The highest BCUT2D eigenvalue weighted by molar-refractivity contribution is 6.28. The fourth-order valence-corrected chi connectivity index (χ4v) is 7.19. The minimum atomic E-state index is -4.06. The van der Waals surface area contributed by atoms with Gasteiger partial charge in [0.15, 0.2) is 0 Å². The number of alkyl halides is 3. The molecule has 1 aliphatic heterocycles. The number of rotatable bonds is 10. The molecule has 0 aromatic heterocycles. The molecular weight excluding hydrogens is 609 g/mol. The van der Waals surface area contributed by atoms with Gasteiger partial charge >= 0.3 is 12.1 Å². The Bertz CT molecular complexity index is 1500. The Morgan fingerprint density at radius 2 is 1.51 bits per heavy atom. The lowest BCUT2D eigenvalue weighted by molar-refractivity contribution is -0.136. The van der Waals surface area contributed by atoms with E-state index < -0.39 is 30.4 Å². The predicted molar refractivity (Wildman–Crippen MR) is 173 cm³/mol. The highest BCUT2D eigenvalue weighted by Gasteiger charge is 2.34. The summed E-state index contributed by atoms with van der Waals surface area (Å²) < 4.78 is 42.7. The topological polar surface area (TPSA) is 92.8 Å². The van der Waals surface area contributed by atoms with Crippen LogP contribution in [0.3, 0.4) is 0 Å². The number of hydrogen-bond donors (Lipinski definition) is 1. The predicted octanol–water partition coefficient (Wildman–Crippen LogP) is 8.33. The molecule has 2 fully saturated rings. The van der Waals surface area contributed by atoms with Crippen LogP contribution in [-0.4, -0.2) is 29.9 Å². The molecule has 2 aliphatic carbocycles. The van der Waals surface area contributed by atoms with E-state index in [0.29, 0.717) is 29.9 Å². The molecule has 0 unspecified atom stereocenters. The van der Waals surface area contributed by atoms with Crippen LogP contribution in [0.1, 0.15) is 81.8 Å². The van der Waals surface area contributed by atoms with Crippen molar-refractivity contribution in [1.29, 1.82) is 0 Å². The molecule has 0 spiro atoms. The van der Waals surface area contributed by atoms with Gasteiger partial charge in [0.2, 0.25) is 5.91 Å². The van der Waals surface area contributed by atoms with Crippen LogP contribution in [0.4, 0.5) is 24.5 Å². The highest BCUT2D eigenvalue weighted by atomic mass is 19.4. The Morgan fingerprint density at radius 3 is 2.11 bits per heavy atom. The highest BCUT2D eigenvalue weighted by Crippen LogP contribution is 2.43. The molecule has 47 heavy (non-hydrogen) atoms. The van der Waals surface area contributed by atoms with Crippen LogP contribution in [0.25, 0.3) is 6.08 Å². The van der Waals surface area contributed by atoms with Crippen LogP contribution in [-0.2, 0) is 19.2 Å². The number of ether oxygens (including phenoxy) is 1. The third-order valence-electron chi connectivity index (χ3n) is 9.82. The first kappa shape index (κ1) is 34.1. The molecule has 5 rings (SSSR count). The van der Waals surface area contributed by atoms with E-state index in [0.717, 1.165) is 73.1 Å². The number of halogens is 3. The maximum atomic E-state index is 13.1. The second-order valence-corrected chi connectivity index (χ2v) is 13.1. The number of carbonyl (C=O) groups excluding carboxylic acids is 4. The molecule has 1 N–H and O–H groups in total. The van der Waals surface area contributed by atoms with Crippen LogP contribution in [0.5, 0.6) is 5.75 Å². The SMILES string of the molecule is Cc1cc(/C=C/C(=O)Oc2ccc(N3C(=O)C=CC3=O)cc2)ccc1NC(=O)C1CCC(C2CCC(CCCC(F)(F)F)CC2)CC1. The van der Waals surface area contributed by atoms with Gasteiger partial charge in [-0.15, -0.1) is 0 Å². The molecule has 2 aromatic rings. The van der Waals surface area contributed by atoms with Crippen molar-refractivity contribution < 1.29 is 37.1 Å². The van der Waals surface area contributed by atoms with E-state index in [1.807, 2.05) is 25.1 Å². The first-order chi connectivity index (χ1) is 22.4. The molecule has 7 nitrogen and oxygen atoms in total. The Kier molecular flexibility index (Phi) is 11.0. The van der Waals surface area contributed by atoms with Gasteiger partial charge in [-0.2, -0.15) is 13.2 Å². The van der Waals surface area contributed by atoms with Gasteiger partial charge in [0.05, 0.1) is 5.69 Å². The zero-order valence-electron chi connectivity index (χ0n) is 26.6. The van der Waals surface area contributed by atoms with Crippen molar-refractivity contribution in [2.24, 2.45) is 23.7 Å². The summed E-state index contributed by atoms with van der Waals surface area (Å²) >= 11 is 0. The average molecular weight is 651 g/mol. The quantitative estimate of drug-likeness (QED) is 0.121. The van der Waals surface area contributed by atoms with Gasteiger partial charge in [0.1, 0.15) is 5.75 Å². The standard InChI is InChI=1S/C37H41F3N2O5/c1-24-23-26(7-21-35(45)47-31-16-14-30(15-17-31)42-33(43)19-20-34(42)44)6-18-32(24)41-36(46)29-12-10-28(11-13-29)27-8-4-25(5-9-27)3-2-22-37(38,39)40/h6-7,14-21,23,25,27-29H,2-5,8-13,22H2,1H3,(H,41,46)/b21-7+. The van der Waals surface area contributed by atoms with E-state index in [2.05, 4.69) is 5.32 Å². The molecule has 10 heteroatoms. The molecule has 2 aromatic carbocycles. The summed E-state index contributed by atoms with van der Waals surface area (Å²) in [6.07, 6.45) is 9.44. The van der Waals surface area contributed by atoms with Crippen molar-refractivity contribution in [3.63, 3.8) is 0 Å². The summed E-state index contributed by atoms with van der Waals surface area (Å²) in [5.74, 6) is 0.434. The lowest BCUT2D eigenvalue weighted by Crippen LogP contribution is -2.31. The molecule has 1 heterocycles. The molecule has 3 aliphatic rings. The minimum absolute atomic E-state index is 0.0209. The molecule has 2 saturated carbocycles. The summed E-state index contributed by atoms with van der Waals surface area (Å²) in [5, 5.41) is 3.08. The zero-order valence-corrected chi connectivity index (χ0v) is 26.6. The summed E-state index contributed by atoms with van der Waals surface area (Å²) in [6, 6.07) is 11.6. The third-order valence-corrected chi connectivity index (χ3v) is 9.82. The van der Waals surface area contributed by atoms with E-state index in [-0.39, 0.29) is 24.0 Å². The van der Waals surface area contributed by atoms with Gasteiger partial charge in [-0.3, -0.25) is 14.4 Å². The second-order valence-electron chi connectivity index (χ2n) is 13.1. The van der Waals surface area contributed by atoms with Crippen molar-refractivity contribution in [3.8, 4) is 5.75 Å². The molecule has 0 saturated heterocycles. The summed E-state index contributed by atoms with van der Waals surface area (Å²) in [5.41, 5.74) is 2.74. The summed E-state index contributed by atoms with van der Waals surface area (Å²) in [6.45, 7) is 1.90. The van der Waals surface area contributed by atoms with E-state index in [4.69, 9.17) is 4.74 Å². The number of carbonyl (C=O) groups is 4. The number of hydrogen-bond acceptors (Lipinski definition) is 5. The molecule has 3 amide bonds. The molecule has 0 bridgehead atoms. The maximum Gasteiger partial charge on any atom is 0.389 e. The van der Waals surface area contributed by atoms with Crippen molar-refractivity contribution in [2.45, 2.75) is 83.7 Å². The van der Waals surface area contributed by atoms with E-state index in [1.54, 1.807) is 6.08 Å². The van der Waals surface area contributed by atoms with E-state index in [9.17, 15) is 32.3 Å². The Labute approximate surface area is 273 Å². The first-order valence-electron chi connectivity index (χ1n) is 16.5. The second kappa shape index (κ2) is 15.1. The van der Waals surface area contributed by atoms with Crippen LogP contribution in [0.15, 0.2) is 60.7 Å². The van der Waals surface area contributed by atoms with Crippen molar-refractivity contribution >= 4 is 41.1 Å². The Balaban J connectivity index is 1.03. The number of benzene rings is 2. The summed E-state index contributed by atoms with van der Waals surface area (Å²) in [4.78, 5) is 50.2. The smallest absolute Gasteiger partial charge is 0.389 e. The molecule has 0 radical (unpaired) electrons. The van der Waals surface area contributed by atoms with Crippen LogP contribution < -0.4 is 15.0 Å². The van der Waals surface area contributed by atoms with Gasteiger partial charge in [0, 0.05) is 36.3 Å². The zero-order chi connectivity index (χ0) is 33.6. The van der Waals surface area contributed by atoms with Gasteiger partial charge in [-0.25, -0.2) is 9.69 Å². The van der Waals surface area contributed by atoms with Crippen LogP contribution in [0, 0.1) is 30.6 Å². The Hall–Kier alpha value is -4.21. The average Bonchev–Trinajstić information content (AvgIpc) is 3.38.